The number of benzene rings is 1. The third-order valence-electron chi connectivity index (χ3n) is 2.69. The molecule has 0 aromatic heterocycles. The zero-order chi connectivity index (χ0) is 14.5. The van der Waals surface area contributed by atoms with Crippen LogP contribution in [0.1, 0.15) is 31.0 Å². The molecule has 0 bridgehead atoms. The first-order valence-corrected chi connectivity index (χ1v) is 5.95. The first-order valence-electron chi connectivity index (χ1n) is 5.95. The Labute approximate surface area is 110 Å². The number of amides is 1. The molecule has 0 spiro atoms. The van der Waals surface area contributed by atoms with E-state index >= 15 is 0 Å². The molecule has 6 heteroatoms. The fraction of sp³-hybridized carbons (Fsp3) is 0.462. The van der Waals surface area contributed by atoms with Crippen molar-refractivity contribution >= 4 is 5.91 Å². The highest BCUT2D eigenvalue weighted by Crippen LogP contribution is 2.29. The van der Waals surface area contributed by atoms with Crippen LogP contribution < -0.4 is 10.6 Å². The van der Waals surface area contributed by atoms with Gasteiger partial charge in [-0.3, -0.25) is 4.79 Å². The fourth-order valence-corrected chi connectivity index (χ4v) is 1.61. The molecule has 0 heterocycles. The number of hydrogen-bond acceptors (Lipinski definition) is 2. The van der Waals surface area contributed by atoms with Gasteiger partial charge in [-0.05, 0) is 24.6 Å². The van der Waals surface area contributed by atoms with Crippen LogP contribution in [0, 0.1) is 0 Å². The molecule has 1 aromatic rings. The average Bonchev–Trinajstić information content (AvgIpc) is 2.33. The van der Waals surface area contributed by atoms with E-state index in [9.17, 15) is 18.0 Å². The minimum atomic E-state index is -4.30. The van der Waals surface area contributed by atoms with Gasteiger partial charge in [0.1, 0.15) is 0 Å². The van der Waals surface area contributed by atoms with Crippen LogP contribution in [0.25, 0.3) is 0 Å². The molecule has 19 heavy (non-hydrogen) atoms. The summed E-state index contributed by atoms with van der Waals surface area (Å²) < 4.78 is 37.2. The number of carbonyl (C=O) groups excluding carboxylic acids is 1. The third kappa shape index (κ3) is 5.30. The summed E-state index contributed by atoms with van der Waals surface area (Å²) in [5, 5.41) is 5.75. The molecule has 0 aliphatic carbocycles. The molecule has 0 radical (unpaired) electrons. The van der Waals surface area contributed by atoms with Crippen molar-refractivity contribution in [3.8, 4) is 0 Å². The highest BCUT2D eigenvalue weighted by molar-refractivity contribution is 5.72. The Balaban J connectivity index is 2.49. The van der Waals surface area contributed by atoms with Crippen LogP contribution in [0.15, 0.2) is 24.3 Å². The Bertz CT molecular complexity index is 415. The van der Waals surface area contributed by atoms with Crippen molar-refractivity contribution in [2.45, 2.75) is 26.1 Å². The number of rotatable bonds is 5. The van der Waals surface area contributed by atoms with Gasteiger partial charge < -0.3 is 10.6 Å². The van der Waals surface area contributed by atoms with Crippen molar-refractivity contribution < 1.29 is 18.0 Å². The second-order valence-electron chi connectivity index (χ2n) is 4.28. The molecule has 1 atom stereocenters. The Kier molecular flexibility index (Phi) is 5.35. The van der Waals surface area contributed by atoms with Gasteiger partial charge in [-0.2, -0.15) is 13.2 Å². The molecule has 2 N–H and O–H groups in total. The Morgan fingerprint density at radius 1 is 1.21 bits per heavy atom. The molecular weight excluding hydrogens is 257 g/mol. The molecule has 0 saturated carbocycles. The van der Waals surface area contributed by atoms with Crippen LogP contribution in [-0.2, 0) is 11.0 Å². The van der Waals surface area contributed by atoms with Crippen molar-refractivity contribution in [3.63, 3.8) is 0 Å². The second-order valence-corrected chi connectivity index (χ2v) is 4.28. The summed E-state index contributed by atoms with van der Waals surface area (Å²) >= 11 is 0. The first-order chi connectivity index (χ1) is 8.80. The predicted octanol–water partition coefficient (Wildman–Crippen LogP) is 2.49. The second kappa shape index (κ2) is 6.56. The van der Waals surface area contributed by atoms with Crippen LogP contribution in [-0.4, -0.2) is 19.0 Å². The molecule has 0 aliphatic rings. The van der Waals surface area contributed by atoms with Gasteiger partial charge in [-0.1, -0.05) is 12.1 Å². The van der Waals surface area contributed by atoms with E-state index in [0.29, 0.717) is 13.1 Å². The van der Waals surface area contributed by atoms with Gasteiger partial charge in [0.15, 0.2) is 0 Å². The van der Waals surface area contributed by atoms with Gasteiger partial charge >= 0.3 is 6.18 Å². The maximum Gasteiger partial charge on any atom is 0.416 e. The van der Waals surface area contributed by atoms with Crippen LogP contribution in [0.2, 0.25) is 0 Å². The lowest BCUT2D eigenvalue weighted by atomic mass is 10.1. The summed E-state index contributed by atoms with van der Waals surface area (Å²) in [5.41, 5.74) is 0.123. The van der Waals surface area contributed by atoms with E-state index in [1.807, 2.05) is 6.92 Å². The summed E-state index contributed by atoms with van der Waals surface area (Å²) in [6, 6.07) is 4.98. The number of halogens is 3. The predicted molar refractivity (Wildman–Crippen MR) is 66.5 cm³/mol. The average molecular weight is 274 g/mol. The Hall–Kier alpha value is -1.56. The quantitative estimate of drug-likeness (QED) is 0.810. The van der Waals surface area contributed by atoms with Gasteiger partial charge in [0.25, 0.3) is 0 Å². The van der Waals surface area contributed by atoms with Crippen molar-refractivity contribution in [1.82, 2.24) is 10.6 Å². The molecule has 0 aliphatic heterocycles. The highest BCUT2D eigenvalue weighted by atomic mass is 19.4. The molecule has 3 nitrogen and oxygen atoms in total. The van der Waals surface area contributed by atoms with Gasteiger partial charge in [-0.15, -0.1) is 0 Å². The van der Waals surface area contributed by atoms with Crippen molar-refractivity contribution in [2.75, 3.05) is 13.1 Å². The maximum absolute atomic E-state index is 12.4. The van der Waals surface area contributed by atoms with Crippen molar-refractivity contribution in [2.24, 2.45) is 0 Å². The summed E-state index contributed by atoms with van der Waals surface area (Å²) in [4.78, 5) is 10.6. The SMILES string of the molecule is CC(=O)NCCNC(C)c1ccc(C(F)(F)F)cc1. The van der Waals surface area contributed by atoms with E-state index in [4.69, 9.17) is 0 Å². The maximum atomic E-state index is 12.4. The smallest absolute Gasteiger partial charge is 0.355 e. The number of carbonyl (C=O) groups is 1. The molecule has 1 aromatic carbocycles. The largest absolute Gasteiger partial charge is 0.416 e. The molecule has 0 fully saturated rings. The van der Waals surface area contributed by atoms with Crippen molar-refractivity contribution in [1.29, 1.82) is 0 Å². The van der Waals surface area contributed by atoms with Gasteiger partial charge in [0.05, 0.1) is 5.56 Å². The van der Waals surface area contributed by atoms with Crippen molar-refractivity contribution in [3.05, 3.63) is 35.4 Å². The number of alkyl halides is 3. The fourth-order valence-electron chi connectivity index (χ4n) is 1.61. The van der Waals surface area contributed by atoms with Crippen LogP contribution in [0.3, 0.4) is 0 Å². The molecule has 1 amide bonds. The minimum Gasteiger partial charge on any atom is -0.355 e. The Morgan fingerprint density at radius 3 is 2.26 bits per heavy atom. The monoisotopic (exact) mass is 274 g/mol. The summed E-state index contributed by atoms with van der Waals surface area (Å²) in [6.45, 7) is 4.33. The van der Waals surface area contributed by atoms with Crippen LogP contribution >= 0.6 is 0 Å². The lowest BCUT2D eigenvalue weighted by Crippen LogP contribution is -2.31. The zero-order valence-corrected chi connectivity index (χ0v) is 10.8. The molecule has 1 unspecified atom stereocenters. The van der Waals surface area contributed by atoms with Crippen LogP contribution in [0.4, 0.5) is 13.2 Å². The molecule has 0 saturated heterocycles. The van der Waals surface area contributed by atoms with Gasteiger partial charge in [0, 0.05) is 26.1 Å². The van der Waals surface area contributed by atoms with Crippen LogP contribution in [0.5, 0.6) is 0 Å². The van der Waals surface area contributed by atoms with Gasteiger partial charge in [0.2, 0.25) is 5.91 Å². The van der Waals surface area contributed by atoms with E-state index in [-0.39, 0.29) is 11.9 Å². The number of hydrogen-bond donors (Lipinski definition) is 2. The topological polar surface area (TPSA) is 41.1 Å². The normalized spacial score (nSPS) is 13.1. The first kappa shape index (κ1) is 15.5. The molecule has 1 rings (SSSR count). The zero-order valence-electron chi connectivity index (χ0n) is 10.8. The number of nitrogens with one attached hydrogen (secondary N) is 2. The van der Waals surface area contributed by atoms with E-state index < -0.39 is 11.7 Å². The van der Waals surface area contributed by atoms with E-state index in [1.54, 1.807) is 0 Å². The lowest BCUT2D eigenvalue weighted by Gasteiger charge is -2.15. The van der Waals surface area contributed by atoms with Gasteiger partial charge in [-0.25, -0.2) is 0 Å². The van der Waals surface area contributed by atoms with E-state index in [0.717, 1.165) is 17.7 Å². The van der Waals surface area contributed by atoms with E-state index in [1.165, 1.54) is 19.1 Å². The minimum absolute atomic E-state index is 0.0731. The van der Waals surface area contributed by atoms with E-state index in [2.05, 4.69) is 10.6 Å². The standard InChI is InChI=1S/C13H17F3N2O/c1-9(17-7-8-18-10(2)19)11-3-5-12(6-4-11)13(14,15)16/h3-6,9,17H,7-8H2,1-2H3,(H,18,19). The summed E-state index contributed by atoms with van der Waals surface area (Å²) in [5.74, 6) is -0.107. The summed E-state index contributed by atoms with van der Waals surface area (Å²) in [7, 11) is 0. The third-order valence-corrected chi connectivity index (χ3v) is 2.69. The molecular formula is C13H17F3N2O. The lowest BCUT2D eigenvalue weighted by molar-refractivity contribution is -0.137. The summed E-state index contributed by atoms with van der Waals surface area (Å²) in [6.07, 6.45) is -4.30. The Morgan fingerprint density at radius 2 is 1.79 bits per heavy atom. The molecule has 106 valence electrons. The highest BCUT2D eigenvalue weighted by Gasteiger charge is 2.30.